The number of hydrogen-bond acceptors (Lipinski definition) is 4. The van der Waals surface area contributed by atoms with Crippen molar-refractivity contribution >= 4 is 5.69 Å². The maximum atomic E-state index is 5.56. The third-order valence-corrected chi connectivity index (χ3v) is 3.44. The second kappa shape index (κ2) is 6.57. The van der Waals surface area contributed by atoms with Crippen molar-refractivity contribution in [2.75, 3.05) is 11.9 Å². The predicted octanol–water partition coefficient (Wildman–Crippen LogP) is 3.97. The lowest BCUT2D eigenvalue weighted by Gasteiger charge is -2.21. The van der Waals surface area contributed by atoms with Gasteiger partial charge in [-0.15, -0.1) is 0 Å². The third-order valence-electron chi connectivity index (χ3n) is 3.44. The number of aromatic nitrogens is 2. The van der Waals surface area contributed by atoms with Crippen LogP contribution in [0.5, 0.6) is 5.88 Å². The van der Waals surface area contributed by atoms with Gasteiger partial charge in [0, 0.05) is 17.6 Å². The highest BCUT2D eigenvalue weighted by Crippen LogP contribution is 2.28. The van der Waals surface area contributed by atoms with Crippen molar-refractivity contribution in [1.29, 1.82) is 0 Å². The van der Waals surface area contributed by atoms with Crippen LogP contribution in [0.4, 0.5) is 5.69 Å². The van der Waals surface area contributed by atoms with Gasteiger partial charge in [-0.2, -0.15) is 0 Å². The Kier molecular flexibility index (Phi) is 4.78. The van der Waals surface area contributed by atoms with E-state index in [2.05, 4.69) is 42.1 Å². The van der Waals surface area contributed by atoms with Crippen LogP contribution in [0.15, 0.2) is 24.4 Å². The summed E-state index contributed by atoms with van der Waals surface area (Å²) in [5.74, 6) is 0.641. The van der Waals surface area contributed by atoms with E-state index in [4.69, 9.17) is 4.74 Å². The number of ether oxygens (including phenoxy) is 1. The fraction of sp³-hybridized carbons (Fsp3) is 0.412. The molecule has 0 amide bonds. The van der Waals surface area contributed by atoms with E-state index in [1.807, 2.05) is 26.0 Å². The minimum Gasteiger partial charge on any atom is -0.476 e. The highest BCUT2D eigenvalue weighted by atomic mass is 16.5. The minimum atomic E-state index is 0.140. The number of nitrogens with zero attached hydrogens (tertiary/aromatic N) is 2. The Bertz CT molecular complexity index is 602. The summed E-state index contributed by atoms with van der Waals surface area (Å²) in [5.41, 5.74) is 5.51. The van der Waals surface area contributed by atoms with E-state index < -0.39 is 0 Å². The van der Waals surface area contributed by atoms with Crippen molar-refractivity contribution in [1.82, 2.24) is 9.97 Å². The lowest BCUT2D eigenvalue weighted by Crippen LogP contribution is -2.13. The van der Waals surface area contributed by atoms with E-state index in [1.54, 1.807) is 6.20 Å². The average Bonchev–Trinajstić information content (AvgIpc) is 2.40. The van der Waals surface area contributed by atoms with Crippen LogP contribution >= 0.6 is 0 Å². The van der Waals surface area contributed by atoms with Crippen molar-refractivity contribution in [2.24, 2.45) is 0 Å². The molecule has 2 aromatic rings. The molecule has 0 bridgehead atoms. The molecule has 4 heteroatoms. The first-order valence-corrected chi connectivity index (χ1v) is 7.32. The molecule has 0 spiro atoms. The lowest BCUT2D eigenvalue weighted by molar-refractivity contribution is 0.328. The minimum absolute atomic E-state index is 0.140. The Hall–Kier alpha value is -2.10. The van der Waals surface area contributed by atoms with Crippen molar-refractivity contribution in [3.05, 3.63) is 46.9 Å². The van der Waals surface area contributed by atoms with Crippen molar-refractivity contribution < 1.29 is 4.74 Å². The zero-order valence-corrected chi connectivity index (χ0v) is 13.4. The smallest absolute Gasteiger partial charge is 0.237 e. The van der Waals surface area contributed by atoms with Gasteiger partial charge in [-0.3, -0.25) is 4.98 Å². The second-order valence-electron chi connectivity index (χ2n) is 5.23. The topological polar surface area (TPSA) is 47.0 Å². The average molecular weight is 285 g/mol. The number of hydrogen-bond donors (Lipinski definition) is 1. The molecule has 0 aromatic carbocycles. The summed E-state index contributed by atoms with van der Waals surface area (Å²) >= 11 is 0. The first kappa shape index (κ1) is 15.3. The molecular formula is C17H23N3O. The lowest BCUT2D eigenvalue weighted by atomic mass is 10.0. The molecule has 0 radical (unpaired) electrons. The normalized spacial score (nSPS) is 12.0. The van der Waals surface area contributed by atoms with Gasteiger partial charge in [-0.25, -0.2) is 4.98 Å². The van der Waals surface area contributed by atoms with Crippen molar-refractivity contribution in [2.45, 2.75) is 40.7 Å². The molecule has 21 heavy (non-hydrogen) atoms. The number of rotatable bonds is 5. The molecule has 0 aliphatic rings. The van der Waals surface area contributed by atoms with Gasteiger partial charge in [0.05, 0.1) is 18.3 Å². The second-order valence-corrected chi connectivity index (χ2v) is 5.23. The zero-order valence-electron chi connectivity index (χ0n) is 13.4. The fourth-order valence-electron chi connectivity index (χ4n) is 2.75. The summed E-state index contributed by atoms with van der Waals surface area (Å²) in [6.45, 7) is 10.9. The van der Waals surface area contributed by atoms with Crippen LogP contribution in [0, 0.1) is 20.8 Å². The Morgan fingerprint density at radius 1 is 1.29 bits per heavy atom. The molecule has 2 aromatic heterocycles. The first-order valence-electron chi connectivity index (χ1n) is 7.32. The summed E-state index contributed by atoms with van der Waals surface area (Å²) in [6, 6.07) is 6.15. The molecule has 0 aliphatic heterocycles. The number of pyridine rings is 2. The molecule has 0 saturated heterocycles. The molecule has 0 aliphatic carbocycles. The van der Waals surface area contributed by atoms with Crippen LogP contribution in [-0.2, 0) is 0 Å². The Labute approximate surface area is 126 Å². The van der Waals surface area contributed by atoms with Crippen LogP contribution in [0.25, 0.3) is 0 Å². The van der Waals surface area contributed by atoms with Gasteiger partial charge in [0.15, 0.2) is 0 Å². The predicted molar refractivity (Wildman–Crippen MR) is 85.9 cm³/mol. The summed E-state index contributed by atoms with van der Waals surface area (Å²) in [7, 11) is 0. The van der Waals surface area contributed by atoms with Gasteiger partial charge in [0.1, 0.15) is 0 Å². The Morgan fingerprint density at radius 2 is 2.05 bits per heavy atom. The molecule has 1 atom stereocenters. The molecule has 0 fully saturated rings. The molecule has 4 nitrogen and oxygen atoms in total. The summed E-state index contributed by atoms with van der Waals surface area (Å²) < 4.78 is 5.56. The van der Waals surface area contributed by atoms with E-state index in [0.29, 0.717) is 12.5 Å². The van der Waals surface area contributed by atoms with Crippen LogP contribution < -0.4 is 10.1 Å². The van der Waals surface area contributed by atoms with Crippen LogP contribution in [0.1, 0.15) is 42.4 Å². The van der Waals surface area contributed by atoms with E-state index in [9.17, 15) is 0 Å². The first-order chi connectivity index (χ1) is 10.0. The molecule has 2 rings (SSSR count). The van der Waals surface area contributed by atoms with Crippen LogP contribution in [0.2, 0.25) is 0 Å². The van der Waals surface area contributed by atoms with Gasteiger partial charge in [0.25, 0.3) is 0 Å². The van der Waals surface area contributed by atoms with Gasteiger partial charge >= 0.3 is 0 Å². The number of nitrogens with one attached hydrogen (secondary N) is 1. The van der Waals surface area contributed by atoms with E-state index in [0.717, 1.165) is 17.1 Å². The summed E-state index contributed by atoms with van der Waals surface area (Å²) in [5, 5.41) is 3.49. The maximum Gasteiger partial charge on any atom is 0.237 e. The van der Waals surface area contributed by atoms with E-state index in [1.165, 1.54) is 11.1 Å². The van der Waals surface area contributed by atoms with Gasteiger partial charge in [-0.05, 0) is 63.9 Å². The molecule has 1 unspecified atom stereocenters. The maximum absolute atomic E-state index is 5.56. The molecule has 1 N–H and O–H groups in total. The standard InChI is InChI=1S/C17H23N3O/c1-6-21-17-15(8-7-9-18-17)20-14(5)16-11(2)10-12(3)19-13(16)4/h7-10,14,20H,6H2,1-5H3. The summed E-state index contributed by atoms with van der Waals surface area (Å²) in [6.07, 6.45) is 1.74. The molecular weight excluding hydrogens is 262 g/mol. The van der Waals surface area contributed by atoms with Crippen LogP contribution in [0.3, 0.4) is 0 Å². The third kappa shape index (κ3) is 3.51. The van der Waals surface area contributed by atoms with E-state index in [-0.39, 0.29) is 6.04 Å². The SMILES string of the molecule is CCOc1ncccc1NC(C)c1c(C)cc(C)nc1C. The Morgan fingerprint density at radius 3 is 2.71 bits per heavy atom. The highest BCUT2D eigenvalue weighted by Gasteiger charge is 2.15. The quantitative estimate of drug-likeness (QED) is 0.903. The van der Waals surface area contributed by atoms with Gasteiger partial charge in [-0.1, -0.05) is 0 Å². The number of aryl methyl sites for hydroxylation is 3. The van der Waals surface area contributed by atoms with Crippen molar-refractivity contribution in [3.63, 3.8) is 0 Å². The fourth-order valence-corrected chi connectivity index (χ4v) is 2.75. The van der Waals surface area contributed by atoms with E-state index >= 15 is 0 Å². The Balaban J connectivity index is 2.28. The zero-order chi connectivity index (χ0) is 15.4. The largest absolute Gasteiger partial charge is 0.476 e. The van der Waals surface area contributed by atoms with Gasteiger partial charge < -0.3 is 10.1 Å². The molecule has 0 saturated carbocycles. The molecule has 2 heterocycles. The van der Waals surface area contributed by atoms with Crippen LogP contribution in [-0.4, -0.2) is 16.6 Å². The summed E-state index contributed by atoms with van der Waals surface area (Å²) in [4.78, 5) is 8.84. The molecule has 112 valence electrons. The number of anilines is 1. The highest BCUT2D eigenvalue weighted by molar-refractivity contribution is 5.54. The van der Waals surface area contributed by atoms with Gasteiger partial charge in [0.2, 0.25) is 5.88 Å². The monoisotopic (exact) mass is 285 g/mol. The van der Waals surface area contributed by atoms with Crippen molar-refractivity contribution in [3.8, 4) is 5.88 Å².